The molecular weight excluding hydrogens is 745 g/mol. The Labute approximate surface area is 334 Å². The number of hydrogen-bond acceptors (Lipinski definition) is 14. The van der Waals surface area contributed by atoms with E-state index in [2.05, 4.69) is 45.1 Å². The molecule has 18 nitrogen and oxygen atoms in total. The van der Waals surface area contributed by atoms with E-state index in [0.717, 1.165) is 18.5 Å². The van der Waals surface area contributed by atoms with Crippen molar-refractivity contribution in [1.82, 2.24) is 28.9 Å². The molecule has 0 spiro atoms. The highest BCUT2D eigenvalue weighted by Gasteiger charge is 2.29. The molecule has 4 aromatic rings. The van der Waals surface area contributed by atoms with Crippen molar-refractivity contribution >= 4 is 23.5 Å². The van der Waals surface area contributed by atoms with Crippen molar-refractivity contribution in [3.8, 4) is 47.4 Å². The summed E-state index contributed by atoms with van der Waals surface area (Å²) in [6.45, 7) is 4.46. The van der Waals surface area contributed by atoms with Crippen molar-refractivity contribution in [2.75, 3.05) is 63.2 Å². The Hall–Kier alpha value is -7.12. The monoisotopic (exact) mass is 784 g/mol. The second kappa shape index (κ2) is 18.2. The van der Waals surface area contributed by atoms with Crippen LogP contribution in [0.2, 0.25) is 0 Å². The van der Waals surface area contributed by atoms with Gasteiger partial charge in [0.1, 0.15) is 48.5 Å². The van der Waals surface area contributed by atoms with Crippen LogP contribution >= 0.6 is 0 Å². The van der Waals surface area contributed by atoms with Gasteiger partial charge in [-0.25, -0.2) is 9.97 Å². The third kappa shape index (κ3) is 9.45. The number of carbonyl (C=O) groups excluding carboxylic acids is 2. The van der Waals surface area contributed by atoms with Crippen LogP contribution in [-0.2, 0) is 19.1 Å². The summed E-state index contributed by atoms with van der Waals surface area (Å²) in [5, 5.41) is 42.3. The number of anilines is 2. The quantitative estimate of drug-likeness (QED) is 0.220. The molecule has 6 heterocycles. The number of nitrogens with one attached hydrogen (secondary N) is 2. The molecule has 58 heavy (non-hydrogen) atoms. The lowest BCUT2D eigenvalue weighted by Crippen LogP contribution is -2.25. The lowest BCUT2D eigenvalue weighted by atomic mass is 10.1. The van der Waals surface area contributed by atoms with Gasteiger partial charge in [0.15, 0.2) is 24.0 Å². The van der Waals surface area contributed by atoms with Crippen molar-refractivity contribution in [3.63, 3.8) is 0 Å². The van der Waals surface area contributed by atoms with Crippen LogP contribution in [0.3, 0.4) is 0 Å². The minimum Gasteiger partial charge on any atom is -0.488 e. The van der Waals surface area contributed by atoms with Gasteiger partial charge in [-0.3, -0.25) is 9.59 Å². The van der Waals surface area contributed by atoms with Crippen LogP contribution in [0.15, 0.2) is 61.4 Å². The van der Waals surface area contributed by atoms with Gasteiger partial charge in [-0.05, 0) is 37.1 Å². The number of imidazole rings is 2. The maximum Gasteiger partial charge on any atom is 0.230 e. The molecule has 0 bridgehead atoms. The summed E-state index contributed by atoms with van der Waals surface area (Å²) < 4.78 is 26.0. The van der Waals surface area contributed by atoms with E-state index in [1.54, 1.807) is 80.4 Å². The standard InChI is InChI=1S/2C20H20N6O3/c21-8-14-1-2-16(29-17-4-6-28-11-17)7-18(14)26-10-19(23-13-26)24-20(27)15-3-5-25(9-15)12-22;21-8-14-1-2-16(7-18(14)29-17-4-6-28-11-17)26-10-19(23-13-26)24-20(27)15-3-5-25(9-15)12-22/h2*1-2,7,10,13,15,17H,3-6,9,11H2,(H,24,27)/t2*15-,17-/m00/s1. The maximum absolute atomic E-state index is 12.4. The zero-order valence-corrected chi connectivity index (χ0v) is 31.5. The molecule has 0 aliphatic carbocycles. The minimum atomic E-state index is -0.236. The van der Waals surface area contributed by atoms with E-state index < -0.39 is 0 Å². The first-order valence-corrected chi connectivity index (χ1v) is 18.9. The fourth-order valence-corrected chi connectivity index (χ4v) is 6.97. The summed E-state index contributed by atoms with van der Waals surface area (Å²) in [6.07, 6.45) is 13.5. The van der Waals surface area contributed by atoms with Gasteiger partial charge >= 0.3 is 0 Å². The van der Waals surface area contributed by atoms with Gasteiger partial charge in [-0.15, -0.1) is 0 Å². The molecular formula is C40H40N12O6. The van der Waals surface area contributed by atoms with Crippen LogP contribution in [0.25, 0.3) is 11.4 Å². The van der Waals surface area contributed by atoms with Gasteiger partial charge in [0.25, 0.3) is 0 Å². The molecule has 2 amide bonds. The fraction of sp³-hybridized carbons (Fsp3) is 0.400. The van der Waals surface area contributed by atoms with E-state index in [0.29, 0.717) is 105 Å². The molecule has 18 heteroatoms. The van der Waals surface area contributed by atoms with E-state index >= 15 is 0 Å². The molecule has 2 aromatic carbocycles. The van der Waals surface area contributed by atoms with Gasteiger partial charge in [0.05, 0.1) is 73.2 Å². The largest absolute Gasteiger partial charge is 0.488 e. The highest BCUT2D eigenvalue weighted by Crippen LogP contribution is 2.27. The number of amides is 2. The van der Waals surface area contributed by atoms with Gasteiger partial charge in [0, 0.05) is 51.2 Å². The molecule has 296 valence electrons. The van der Waals surface area contributed by atoms with Crippen LogP contribution in [0.5, 0.6) is 11.5 Å². The molecule has 4 fully saturated rings. The van der Waals surface area contributed by atoms with Gasteiger partial charge < -0.3 is 48.5 Å². The average Bonchev–Trinajstić information content (AvgIpc) is 4.10. The Morgan fingerprint density at radius 1 is 0.707 bits per heavy atom. The highest BCUT2D eigenvalue weighted by molar-refractivity contribution is 5.92. The van der Waals surface area contributed by atoms with Crippen LogP contribution in [0.1, 0.15) is 36.8 Å². The lowest BCUT2D eigenvalue weighted by Gasteiger charge is -2.14. The van der Waals surface area contributed by atoms with Gasteiger partial charge in [-0.2, -0.15) is 21.0 Å². The first kappa shape index (κ1) is 39.1. The zero-order valence-electron chi connectivity index (χ0n) is 31.5. The summed E-state index contributed by atoms with van der Waals surface area (Å²) in [6, 6.07) is 14.8. The molecule has 0 saturated carbocycles. The Balaban J connectivity index is 0.000000177. The molecule has 4 atom stereocenters. The number of nitrogens with zero attached hydrogens (tertiary/aromatic N) is 10. The van der Waals surface area contributed by atoms with Crippen molar-refractivity contribution in [2.24, 2.45) is 11.8 Å². The Morgan fingerprint density at radius 2 is 1.28 bits per heavy atom. The Bertz CT molecular complexity index is 2290. The van der Waals surface area contributed by atoms with E-state index in [4.69, 9.17) is 29.5 Å². The van der Waals surface area contributed by atoms with Crippen LogP contribution in [0.4, 0.5) is 11.6 Å². The summed E-state index contributed by atoms with van der Waals surface area (Å²) >= 11 is 0. The van der Waals surface area contributed by atoms with Gasteiger partial charge in [0.2, 0.25) is 11.8 Å². The topological polar surface area (TPSA) is 232 Å². The third-order valence-corrected chi connectivity index (χ3v) is 10.2. The van der Waals surface area contributed by atoms with E-state index in [-0.39, 0.29) is 35.9 Å². The number of ether oxygens (including phenoxy) is 4. The summed E-state index contributed by atoms with van der Waals surface area (Å²) in [4.78, 5) is 36.4. The molecule has 4 aliphatic heterocycles. The summed E-state index contributed by atoms with van der Waals surface area (Å²) in [5.74, 6) is 1.22. The SMILES string of the molecule is N#Cc1ccc(-n2cnc(NC(=O)[C@H]3CCN(C#N)C3)c2)cc1O[C@H]1CCOC1.N#Cc1ccc(O[C@H]2CCOC2)cc1-n1cnc(NC(=O)[C@H]2CCN(C#N)C2)c1. The van der Waals surface area contributed by atoms with Crippen molar-refractivity contribution < 1.29 is 28.5 Å². The number of aromatic nitrogens is 4. The Morgan fingerprint density at radius 3 is 1.83 bits per heavy atom. The maximum atomic E-state index is 12.4. The highest BCUT2D eigenvalue weighted by atomic mass is 16.6. The molecule has 0 unspecified atom stereocenters. The predicted molar refractivity (Wildman–Crippen MR) is 204 cm³/mol. The first-order valence-electron chi connectivity index (χ1n) is 18.9. The summed E-state index contributed by atoms with van der Waals surface area (Å²) in [7, 11) is 0. The molecule has 2 N–H and O–H groups in total. The second-order valence-electron chi connectivity index (χ2n) is 14.2. The van der Waals surface area contributed by atoms with Crippen LogP contribution in [-0.4, -0.2) is 106 Å². The van der Waals surface area contributed by atoms with Gasteiger partial charge in [-0.1, -0.05) is 0 Å². The van der Waals surface area contributed by atoms with Crippen molar-refractivity contribution in [3.05, 3.63) is 72.6 Å². The molecule has 4 aliphatic rings. The normalized spacial score (nSPS) is 20.8. The second-order valence-corrected chi connectivity index (χ2v) is 14.2. The Kier molecular flexibility index (Phi) is 12.3. The van der Waals surface area contributed by atoms with Crippen molar-refractivity contribution in [1.29, 1.82) is 21.0 Å². The molecule has 2 aromatic heterocycles. The van der Waals surface area contributed by atoms with Crippen LogP contribution < -0.4 is 20.1 Å². The van der Waals surface area contributed by atoms with Crippen molar-refractivity contribution in [2.45, 2.75) is 37.9 Å². The van der Waals surface area contributed by atoms with E-state index in [9.17, 15) is 20.1 Å². The number of likely N-dealkylation sites (tertiary alicyclic amines) is 2. The van der Waals surface area contributed by atoms with E-state index in [1.165, 1.54) is 0 Å². The molecule has 4 saturated heterocycles. The number of benzene rings is 2. The zero-order chi connectivity index (χ0) is 40.4. The number of carbonyl (C=O) groups is 2. The number of nitriles is 4. The lowest BCUT2D eigenvalue weighted by molar-refractivity contribution is -0.120. The van der Waals surface area contributed by atoms with Crippen LogP contribution in [0, 0.1) is 57.4 Å². The fourth-order valence-electron chi connectivity index (χ4n) is 6.97. The minimum absolute atomic E-state index is 0.00723. The third-order valence-electron chi connectivity index (χ3n) is 10.2. The first-order chi connectivity index (χ1) is 28.3. The predicted octanol–water partition coefficient (Wildman–Crippen LogP) is 3.31. The smallest absolute Gasteiger partial charge is 0.230 e. The average molecular weight is 785 g/mol. The number of rotatable bonds is 10. The summed E-state index contributed by atoms with van der Waals surface area (Å²) in [5.41, 5.74) is 2.31. The van der Waals surface area contributed by atoms with E-state index in [1.807, 2.05) is 0 Å². The molecule has 0 radical (unpaired) electrons. The molecule has 8 rings (SSSR count). The number of hydrogen-bond donors (Lipinski definition) is 2.